The molecule has 1 saturated carbocycles. The molecule has 11 heteroatoms. The lowest BCUT2D eigenvalue weighted by atomic mass is 10.00. The van der Waals surface area contributed by atoms with Crippen molar-refractivity contribution in [1.82, 2.24) is 34.9 Å². The molecule has 1 aromatic carbocycles. The van der Waals surface area contributed by atoms with Gasteiger partial charge in [0.15, 0.2) is 5.65 Å². The summed E-state index contributed by atoms with van der Waals surface area (Å²) in [6.07, 6.45) is 6.63. The van der Waals surface area contributed by atoms with Crippen molar-refractivity contribution in [1.29, 1.82) is 0 Å². The second-order valence-electron chi connectivity index (χ2n) is 9.57. The Morgan fingerprint density at radius 3 is 3.00 bits per heavy atom. The highest BCUT2D eigenvalue weighted by Crippen LogP contribution is 2.35. The molecule has 2 atom stereocenters. The van der Waals surface area contributed by atoms with E-state index in [4.69, 9.17) is 11.6 Å². The molecule has 4 aromatic rings. The van der Waals surface area contributed by atoms with Crippen molar-refractivity contribution in [3.8, 4) is 5.69 Å². The quantitative estimate of drug-likeness (QED) is 0.383. The molecule has 1 N–H and O–H groups in total. The molecule has 10 nitrogen and oxygen atoms in total. The van der Waals surface area contributed by atoms with Gasteiger partial charge in [0.05, 0.1) is 29.7 Å². The van der Waals surface area contributed by atoms with E-state index < -0.39 is 0 Å². The van der Waals surface area contributed by atoms with E-state index >= 15 is 0 Å². The van der Waals surface area contributed by atoms with Crippen LogP contribution in [0.2, 0.25) is 0 Å². The molecular formula is C26H23BrN8O2. The van der Waals surface area contributed by atoms with Gasteiger partial charge in [0.1, 0.15) is 10.4 Å². The number of carbonyl (C=O) groups is 2. The van der Waals surface area contributed by atoms with Crippen molar-refractivity contribution in [3.63, 3.8) is 0 Å². The number of hydrogen-bond acceptors (Lipinski definition) is 6. The lowest BCUT2D eigenvalue weighted by Gasteiger charge is -2.29. The summed E-state index contributed by atoms with van der Waals surface area (Å²) in [4.78, 5) is 43.8. The zero-order chi connectivity index (χ0) is 25.5. The summed E-state index contributed by atoms with van der Waals surface area (Å²) >= 11 is 3.52. The van der Waals surface area contributed by atoms with Gasteiger partial charge in [-0.15, -0.1) is 0 Å². The van der Waals surface area contributed by atoms with Crippen LogP contribution < -0.4 is 5.32 Å². The first-order valence-electron chi connectivity index (χ1n) is 12.2. The molecule has 2 amide bonds. The first-order valence-corrected chi connectivity index (χ1v) is 13.0. The lowest BCUT2D eigenvalue weighted by Crippen LogP contribution is -2.51. The van der Waals surface area contributed by atoms with Gasteiger partial charge in [-0.05, 0) is 64.7 Å². The Bertz CT molecular complexity index is 1590. The SMILES string of the molecule is [C-]#[N+]c1cc(-n2nc(Br)c3cnc(C[C@@H]4CC[C@@H](C(=O)N5CCNC(=O)C5)C4)nc32)cc2cccnc12. The molecule has 0 spiro atoms. The smallest absolute Gasteiger partial charge is 0.239 e. The van der Waals surface area contributed by atoms with Gasteiger partial charge in [-0.2, -0.15) is 5.10 Å². The summed E-state index contributed by atoms with van der Waals surface area (Å²) in [6, 6.07) is 7.50. The number of carbonyl (C=O) groups excluding carboxylic acids is 2. The Labute approximate surface area is 221 Å². The van der Waals surface area contributed by atoms with Crippen molar-refractivity contribution >= 4 is 55.4 Å². The van der Waals surface area contributed by atoms with E-state index in [1.54, 1.807) is 28.0 Å². The van der Waals surface area contributed by atoms with Crippen molar-refractivity contribution in [3.05, 3.63) is 58.5 Å². The van der Waals surface area contributed by atoms with Crippen LogP contribution in [-0.4, -0.2) is 61.1 Å². The third-order valence-electron chi connectivity index (χ3n) is 7.18. The number of aromatic nitrogens is 5. The van der Waals surface area contributed by atoms with Gasteiger partial charge in [-0.3, -0.25) is 14.6 Å². The average Bonchev–Trinajstić information content (AvgIpc) is 3.51. The summed E-state index contributed by atoms with van der Waals surface area (Å²) in [5, 5.41) is 9.04. The van der Waals surface area contributed by atoms with Crippen molar-refractivity contribution in [2.24, 2.45) is 11.8 Å². The maximum Gasteiger partial charge on any atom is 0.239 e. The van der Waals surface area contributed by atoms with Gasteiger partial charge in [0.25, 0.3) is 0 Å². The number of piperazine rings is 1. The van der Waals surface area contributed by atoms with Gasteiger partial charge < -0.3 is 10.2 Å². The van der Waals surface area contributed by atoms with Crippen molar-refractivity contribution < 1.29 is 9.59 Å². The van der Waals surface area contributed by atoms with Gasteiger partial charge >= 0.3 is 0 Å². The molecule has 0 unspecified atom stereocenters. The fraction of sp³-hybridized carbons (Fsp3) is 0.346. The van der Waals surface area contributed by atoms with E-state index in [0.717, 1.165) is 35.7 Å². The molecule has 37 heavy (non-hydrogen) atoms. The van der Waals surface area contributed by atoms with Gasteiger partial charge in [0, 0.05) is 37.8 Å². The molecule has 1 aliphatic heterocycles. The van der Waals surface area contributed by atoms with Gasteiger partial charge in [-0.1, -0.05) is 6.07 Å². The maximum atomic E-state index is 12.9. The number of amides is 2. The molecule has 186 valence electrons. The van der Waals surface area contributed by atoms with Crippen molar-refractivity contribution in [2.75, 3.05) is 19.6 Å². The minimum absolute atomic E-state index is 0.0578. The van der Waals surface area contributed by atoms with E-state index in [1.807, 2.05) is 18.2 Å². The fourth-order valence-electron chi connectivity index (χ4n) is 5.38. The number of hydrogen-bond donors (Lipinski definition) is 1. The normalized spacial score (nSPS) is 19.8. The molecule has 6 rings (SSSR count). The first-order chi connectivity index (χ1) is 18.0. The van der Waals surface area contributed by atoms with E-state index in [0.29, 0.717) is 52.7 Å². The number of halogens is 1. The molecule has 2 aliphatic rings. The Kier molecular flexibility index (Phi) is 6.04. The summed E-state index contributed by atoms with van der Waals surface area (Å²) in [5.74, 6) is 0.925. The average molecular weight is 559 g/mol. The van der Waals surface area contributed by atoms with Crippen LogP contribution in [0.15, 0.2) is 41.3 Å². The summed E-state index contributed by atoms with van der Waals surface area (Å²) in [5.41, 5.74) is 2.49. The number of fused-ring (bicyclic) bond motifs is 2. The van der Waals surface area contributed by atoms with Gasteiger partial charge in [0.2, 0.25) is 17.5 Å². The predicted molar refractivity (Wildman–Crippen MR) is 140 cm³/mol. The van der Waals surface area contributed by atoms with E-state index in [-0.39, 0.29) is 24.3 Å². The summed E-state index contributed by atoms with van der Waals surface area (Å²) in [6.45, 7) is 8.85. The molecule has 0 radical (unpaired) electrons. The van der Waals surface area contributed by atoms with Crippen LogP contribution in [0, 0.1) is 18.4 Å². The number of nitrogens with one attached hydrogen (secondary N) is 1. The van der Waals surface area contributed by atoms with Crippen LogP contribution in [0.25, 0.3) is 32.5 Å². The highest BCUT2D eigenvalue weighted by Gasteiger charge is 2.34. The monoisotopic (exact) mass is 558 g/mol. The second kappa shape index (κ2) is 9.52. The number of rotatable bonds is 4. The van der Waals surface area contributed by atoms with Crippen LogP contribution in [0.3, 0.4) is 0 Å². The molecule has 2 fully saturated rings. The molecule has 3 aromatic heterocycles. The van der Waals surface area contributed by atoms with E-state index in [9.17, 15) is 9.59 Å². The molecular weight excluding hydrogens is 536 g/mol. The standard InChI is InChI=1S/C26H23BrN8O2/c1-28-20-12-18(11-16-3-2-6-30-23(16)20)35-25-19(24(27)33-35)13-31-21(32-25)10-15-4-5-17(9-15)26(37)34-8-7-29-22(36)14-34/h2-3,6,11-13,15,17H,4-5,7-10,14H2,(H,29,36)/t15-,17-/m1/s1. The Morgan fingerprint density at radius 2 is 2.16 bits per heavy atom. The molecule has 0 bridgehead atoms. The molecule has 1 saturated heterocycles. The highest BCUT2D eigenvalue weighted by atomic mass is 79.9. The van der Waals surface area contributed by atoms with Crippen LogP contribution in [0.1, 0.15) is 25.1 Å². The Balaban J connectivity index is 1.25. The summed E-state index contributed by atoms with van der Waals surface area (Å²) < 4.78 is 2.36. The number of benzene rings is 1. The number of pyridine rings is 1. The van der Waals surface area contributed by atoms with Crippen LogP contribution in [0.4, 0.5) is 5.69 Å². The van der Waals surface area contributed by atoms with E-state index in [2.05, 4.69) is 41.2 Å². The Morgan fingerprint density at radius 1 is 1.27 bits per heavy atom. The van der Waals surface area contributed by atoms with E-state index in [1.165, 1.54) is 0 Å². The summed E-state index contributed by atoms with van der Waals surface area (Å²) in [7, 11) is 0. The predicted octanol–water partition coefficient (Wildman–Crippen LogP) is 3.59. The maximum absolute atomic E-state index is 12.9. The van der Waals surface area contributed by atoms with Crippen LogP contribution in [-0.2, 0) is 16.0 Å². The third-order valence-corrected chi connectivity index (χ3v) is 7.76. The minimum Gasteiger partial charge on any atom is -0.353 e. The van der Waals surface area contributed by atoms with Crippen LogP contribution in [0.5, 0.6) is 0 Å². The van der Waals surface area contributed by atoms with Gasteiger partial charge in [-0.25, -0.2) is 19.5 Å². The molecule has 4 heterocycles. The molecule has 1 aliphatic carbocycles. The van der Waals surface area contributed by atoms with Crippen molar-refractivity contribution in [2.45, 2.75) is 25.7 Å². The second-order valence-corrected chi connectivity index (χ2v) is 10.3. The minimum atomic E-state index is -0.0928. The fourth-order valence-corrected chi connectivity index (χ4v) is 5.81. The third kappa shape index (κ3) is 4.42. The topological polar surface area (TPSA) is 110 Å². The Hall–Kier alpha value is -3.91. The first kappa shape index (κ1) is 23.5. The zero-order valence-corrected chi connectivity index (χ0v) is 21.5. The van der Waals surface area contributed by atoms with Crippen LogP contribution >= 0.6 is 15.9 Å². The lowest BCUT2D eigenvalue weighted by molar-refractivity contribution is -0.141. The number of nitrogens with zero attached hydrogens (tertiary/aromatic N) is 7. The largest absolute Gasteiger partial charge is 0.353 e. The highest BCUT2D eigenvalue weighted by molar-refractivity contribution is 9.10. The zero-order valence-electron chi connectivity index (χ0n) is 19.9.